The van der Waals surface area contributed by atoms with Crippen molar-refractivity contribution in [3.05, 3.63) is 94.8 Å². The van der Waals surface area contributed by atoms with Crippen molar-refractivity contribution in [3.8, 4) is 0 Å². The zero-order chi connectivity index (χ0) is 28.7. The van der Waals surface area contributed by atoms with E-state index in [0.29, 0.717) is 11.4 Å². The fraction of sp³-hybridized carbons (Fsp3) is 0.310. The van der Waals surface area contributed by atoms with Crippen LogP contribution in [0.3, 0.4) is 0 Å². The number of carbonyl (C=O) groups is 2. The lowest BCUT2D eigenvalue weighted by atomic mass is 10.1. The second-order valence-electron chi connectivity index (χ2n) is 9.54. The van der Waals surface area contributed by atoms with Gasteiger partial charge in [0.2, 0.25) is 11.8 Å². The summed E-state index contributed by atoms with van der Waals surface area (Å²) in [6.45, 7) is 6.72. The van der Waals surface area contributed by atoms with Crippen molar-refractivity contribution in [2.24, 2.45) is 0 Å². The van der Waals surface area contributed by atoms with Crippen LogP contribution in [0.2, 0.25) is 5.02 Å². The maximum atomic E-state index is 13.9. The summed E-state index contributed by atoms with van der Waals surface area (Å²) in [4.78, 5) is 28.4. The molecule has 0 spiro atoms. The van der Waals surface area contributed by atoms with Gasteiger partial charge in [0.05, 0.1) is 10.6 Å². The molecule has 208 valence electrons. The van der Waals surface area contributed by atoms with Gasteiger partial charge in [-0.2, -0.15) is 0 Å². The van der Waals surface area contributed by atoms with E-state index in [1.54, 1.807) is 43.3 Å². The largest absolute Gasteiger partial charge is 0.352 e. The molecule has 0 aliphatic rings. The molecule has 0 bridgehead atoms. The number of carbonyl (C=O) groups excluding carboxylic acids is 2. The first-order valence-corrected chi connectivity index (χ1v) is 14.4. The molecule has 1 N–H and O–H groups in total. The van der Waals surface area contributed by atoms with Gasteiger partial charge in [-0.05, 0) is 81.3 Å². The van der Waals surface area contributed by atoms with Crippen LogP contribution in [0.15, 0.2) is 77.7 Å². The minimum absolute atomic E-state index is 0.0148. The molecule has 3 aromatic rings. The second kappa shape index (κ2) is 13.1. The average molecular weight is 574 g/mol. The van der Waals surface area contributed by atoms with Crippen LogP contribution in [0.1, 0.15) is 38.3 Å². The zero-order valence-electron chi connectivity index (χ0n) is 22.4. The number of rotatable bonds is 11. The summed E-state index contributed by atoms with van der Waals surface area (Å²) in [5.41, 5.74) is 1.71. The van der Waals surface area contributed by atoms with Gasteiger partial charge >= 0.3 is 0 Å². The minimum atomic E-state index is -4.22. The molecular formula is C29H33ClFN3O4S. The molecule has 0 radical (unpaired) electrons. The van der Waals surface area contributed by atoms with Gasteiger partial charge in [-0.3, -0.25) is 13.9 Å². The average Bonchev–Trinajstić information content (AvgIpc) is 2.88. The van der Waals surface area contributed by atoms with E-state index >= 15 is 0 Å². The molecule has 0 heterocycles. The SMILES string of the molecule is CC[C@H](C(=O)NC(C)C)N(Cc1ccc(Cl)cc1)C(=O)CN(c1ccc(F)cc1)S(=O)(=O)c1ccc(C)cc1. The van der Waals surface area contributed by atoms with Crippen LogP contribution in [-0.2, 0) is 26.2 Å². The quantitative estimate of drug-likeness (QED) is 0.337. The molecule has 7 nitrogen and oxygen atoms in total. The Morgan fingerprint density at radius 3 is 2.08 bits per heavy atom. The predicted molar refractivity (Wildman–Crippen MR) is 151 cm³/mol. The maximum absolute atomic E-state index is 13.9. The fourth-order valence-electron chi connectivity index (χ4n) is 4.06. The van der Waals surface area contributed by atoms with Crippen molar-refractivity contribution < 1.29 is 22.4 Å². The van der Waals surface area contributed by atoms with E-state index in [1.165, 1.54) is 29.2 Å². The number of nitrogens with one attached hydrogen (secondary N) is 1. The number of sulfonamides is 1. The van der Waals surface area contributed by atoms with Crippen LogP contribution in [0.25, 0.3) is 0 Å². The van der Waals surface area contributed by atoms with Gasteiger partial charge in [-0.1, -0.05) is 48.4 Å². The van der Waals surface area contributed by atoms with Crippen LogP contribution in [-0.4, -0.2) is 43.8 Å². The summed E-state index contributed by atoms with van der Waals surface area (Å²) >= 11 is 6.03. The van der Waals surface area contributed by atoms with E-state index in [0.717, 1.165) is 27.6 Å². The molecule has 1 atom stereocenters. The molecule has 3 rings (SSSR count). The molecule has 0 saturated heterocycles. The maximum Gasteiger partial charge on any atom is 0.264 e. The summed E-state index contributed by atoms with van der Waals surface area (Å²) in [7, 11) is -4.22. The fourth-order valence-corrected chi connectivity index (χ4v) is 5.60. The highest BCUT2D eigenvalue weighted by atomic mass is 35.5. The van der Waals surface area contributed by atoms with Crippen LogP contribution in [0.4, 0.5) is 10.1 Å². The van der Waals surface area contributed by atoms with E-state index in [1.807, 2.05) is 20.8 Å². The van der Waals surface area contributed by atoms with Gasteiger partial charge in [0.1, 0.15) is 18.4 Å². The Morgan fingerprint density at radius 1 is 0.949 bits per heavy atom. The molecule has 10 heteroatoms. The van der Waals surface area contributed by atoms with Crippen molar-refractivity contribution in [2.75, 3.05) is 10.8 Å². The Balaban J connectivity index is 2.05. The Bertz CT molecular complexity index is 1380. The Morgan fingerprint density at radius 2 is 1.54 bits per heavy atom. The number of nitrogens with zero attached hydrogens (tertiary/aromatic N) is 2. The molecule has 39 heavy (non-hydrogen) atoms. The van der Waals surface area contributed by atoms with Gasteiger partial charge in [-0.25, -0.2) is 12.8 Å². The van der Waals surface area contributed by atoms with E-state index in [2.05, 4.69) is 5.32 Å². The number of benzene rings is 3. The first kappa shape index (κ1) is 30.1. The molecular weight excluding hydrogens is 541 g/mol. The summed E-state index contributed by atoms with van der Waals surface area (Å²) in [6, 6.07) is 17.0. The molecule has 2 amide bonds. The lowest BCUT2D eigenvalue weighted by Crippen LogP contribution is -2.53. The van der Waals surface area contributed by atoms with E-state index in [4.69, 9.17) is 11.6 Å². The third-order valence-electron chi connectivity index (χ3n) is 6.09. The molecule has 0 aliphatic heterocycles. The number of halogens is 2. The summed E-state index contributed by atoms with van der Waals surface area (Å²) in [5.74, 6) is -1.47. The first-order chi connectivity index (χ1) is 18.4. The van der Waals surface area contributed by atoms with E-state index in [9.17, 15) is 22.4 Å². The van der Waals surface area contributed by atoms with Crippen LogP contribution >= 0.6 is 11.6 Å². The molecule has 0 fully saturated rings. The highest BCUT2D eigenvalue weighted by Gasteiger charge is 2.33. The Hall–Kier alpha value is -3.43. The summed E-state index contributed by atoms with van der Waals surface area (Å²) in [6.07, 6.45) is 0.305. The number of aryl methyl sites for hydroxylation is 1. The van der Waals surface area contributed by atoms with Crippen molar-refractivity contribution in [1.29, 1.82) is 0 Å². The highest BCUT2D eigenvalue weighted by molar-refractivity contribution is 7.92. The van der Waals surface area contributed by atoms with Gasteiger partial charge in [0, 0.05) is 17.6 Å². The van der Waals surface area contributed by atoms with Gasteiger partial charge in [0.15, 0.2) is 0 Å². The van der Waals surface area contributed by atoms with Crippen LogP contribution in [0, 0.1) is 12.7 Å². The van der Waals surface area contributed by atoms with Gasteiger partial charge < -0.3 is 10.2 Å². The van der Waals surface area contributed by atoms with Gasteiger partial charge in [0.25, 0.3) is 10.0 Å². The first-order valence-electron chi connectivity index (χ1n) is 12.6. The topological polar surface area (TPSA) is 86.8 Å². The van der Waals surface area contributed by atoms with Crippen molar-refractivity contribution in [2.45, 2.75) is 57.6 Å². The van der Waals surface area contributed by atoms with E-state index < -0.39 is 34.3 Å². The standard InChI is InChI=1S/C29H33ClFN3O4S/c1-5-27(29(36)32-20(2)3)33(18-22-8-10-23(30)11-9-22)28(35)19-34(25-14-12-24(31)13-15-25)39(37,38)26-16-6-21(4)7-17-26/h6-17,20,27H,5,18-19H2,1-4H3,(H,32,36)/t27-/m1/s1. The number of hydrogen-bond acceptors (Lipinski definition) is 4. The third kappa shape index (κ3) is 7.80. The van der Waals surface area contributed by atoms with Crippen molar-refractivity contribution in [3.63, 3.8) is 0 Å². The van der Waals surface area contributed by atoms with Crippen molar-refractivity contribution >= 4 is 39.1 Å². The number of hydrogen-bond donors (Lipinski definition) is 1. The van der Waals surface area contributed by atoms with Gasteiger partial charge in [-0.15, -0.1) is 0 Å². The number of anilines is 1. The normalized spacial score (nSPS) is 12.2. The third-order valence-corrected chi connectivity index (χ3v) is 8.13. The Kier molecular flexibility index (Phi) is 10.1. The van der Waals surface area contributed by atoms with E-state index in [-0.39, 0.29) is 29.1 Å². The minimum Gasteiger partial charge on any atom is -0.352 e. The predicted octanol–water partition coefficient (Wildman–Crippen LogP) is 5.31. The molecule has 0 aromatic heterocycles. The number of amides is 2. The molecule has 0 aliphatic carbocycles. The lowest BCUT2D eigenvalue weighted by molar-refractivity contribution is -0.140. The Labute approximate surface area is 234 Å². The summed E-state index contributed by atoms with van der Waals surface area (Å²) in [5, 5.41) is 3.37. The molecule has 3 aromatic carbocycles. The zero-order valence-corrected chi connectivity index (χ0v) is 24.0. The second-order valence-corrected chi connectivity index (χ2v) is 11.8. The molecule has 0 saturated carbocycles. The van der Waals surface area contributed by atoms with Crippen LogP contribution < -0.4 is 9.62 Å². The monoisotopic (exact) mass is 573 g/mol. The summed E-state index contributed by atoms with van der Waals surface area (Å²) < 4.78 is 42.2. The van der Waals surface area contributed by atoms with Crippen LogP contribution in [0.5, 0.6) is 0 Å². The van der Waals surface area contributed by atoms with Crippen molar-refractivity contribution in [1.82, 2.24) is 10.2 Å². The smallest absolute Gasteiger partial charge is 0.264 e. The highest BCUT2D eigenvalue weighted by Crippen LogP contribution is 2.25. The molecule has 0 unspecified atom stereocenters. The lowest BCUT2D eigenvalue weighted by Gasteiger charge is -2.33.